The topological polar surface area (TPSA) is 58.6 Å². The van der Waals surface area contributed by atoms with Crippen molar-refractivity contribution in [1.29, 1.82) is 0 Å². The molecule has 4 nitrogen and oxygen atoms in total. The Labute approximate surface area is 181 Å². The van der Waals surface area contributed by atoms with Gasteiger partial charge in [0.2, 0.25) is 5.91 Å². The van der Waals surface area contributed by atoms with Crippen LogP contribution in [0.25, 0.3) is 0 Å². The third-order valence-electron chi connectivity index (χ3n) is 6.75. The Bertz CT molecular complexity index is 917. The first-order valence-corrected chi connectivity index (χ1v) is 10.7. The molecule has 154 valence electrons. The Hall–Kier alpha value is -1.75. The molecule has 0 unspecified atom stereocenters. The zero-order chi connectivity index (χ0) is 20.8. The van der Waals surface area contributed by atoms with E-state index in [0.29, 0.717) is 16.7 Å². The lowest BCUT2D eigenvalue weighted by molar-refractivity contribution is -0.135. The van der Waals surface area contributed by atoms with Gasteiger partial charge in [0, 0.05) is 29.1 Å². The van der Waals surface area contributed by atoms with Crippen LogP contribution in [0.3, 0.4) is 0 Å². The number of hydrogen-bond acceptors (Lipinski definition) is 3. The minimum absolute atomic E-state index is 0.0111. The van der Waals surface area contributed by atoms with Crippen molar-refractivity contribution in [2.45, 2.75) is 37.6 Å². The van der Waals surface area contributed by atoms with E-state index >= 15 is 0 Å². The fourth-order valence-electron chi connectivity index (χ4n) is 5.63. The number of aromatic hydroxyl groups is 1. The third kappa shape index (κ3) is 3.41. The number of halogens is 2. The van der Waals surface area contributed by atoms with Crippen LogP contribution < -0.4 is 5.32 Å². The van der Waals surface area contributed by atoms with Crippen LogP contribution in [0.4, 0.5) is 0 Å². The lowest BCUT2D eigenvalue weighted by Gasteiger charge is -2.47. The largest absolute Gasteiger partial charge is 0.508 e. The normalized spacial score (nSPS) is 31.4. The van der Waals surface area contributed by atoms with E-state index in [0.717, 1.165) is 24.0 Å². The quantitative estimate of drug-likeness (QED) is 0.702. The van der Waals surface area contributed by atoms with E-state index in [-0.39, 0.29) is 35.5 Å². The van der Waals surface area contributed by atoms with E-state index < -0.39 is 5.41 Å². The van der Waals surface area contributed by atoms with Gasteiger partial charge in [-0.25, -0.2) is 0 Å². The van der Waals surface area contributed by atoms with Crippen molar-refractivity contribution in [3.63, 3.8) is 0 Å². The van der Waals surface area contributed by atoms with Gasteiger partial charge in [-0.1, -0.05) is 41.4 Å². The zero-order valence-electron chi connectivity index (χ0n) is 16.5. The Kier molecular flexibility index (Phi) is 5.54. The summed E-state index contributed by atoms with van der Waals surface area (Å²) in [6, 6.07) is 13.1. The molecule has 1 heterocycles. The van der Waals surface area contributed by atoms with Crippen LogP contribution in [0, 0.1) is 11.3 Å². The van der Waals surface area contributed by atoms with E-state index in [4.69, 9.17) is 27.9 Å². The van der Waals surface area contributed by atoms with Gasteiger partial charge in [-0.3, -0.25) is 4.79 Å². The number of amides is 1. The summed E-state index contributed by atoms with van der Waals surface area (Å²) in [6.45, 7) is 2.47. The van der Waals surface area contributed by atoms with Crippen LogP contribution in [-0.4, -0.2) is 30.8 Å². The van der Waals surface area contributed by atoms with E-state index in [1.54, 1.807) is 19.2 Å². The lowest BCUT2D eigenvalue weighted by Crippen LogP contribution is -2.47. The lowest BCUT2D eigenvalue weighted by atomic mass is 9.55. The van der Waals surface area contributed by atoms with Gasteiger partial charge in [0.15, 0.2) is 0 Å². The highest BCUT2D eigenvalue weighted by atomic mass is 35.5. The molecule has 2 aliphatic rings. The number of phenols is 1. The molecule has 0 bridgehead atoms. The second-order valence-corrected chi connectivity index (χ2v) is 9.15. The highest BCUT2D eigenvalue weighted by Gasteiger charge is 2.60. The van der Waals surface area contributed by atoms with Gasteiger partial charge in [-0.2, -0.15) is 0 Å². The fourth-order valence-corrected chi connectivity index (χ4v) is 6.07. The van der Waals surface area contributed by atoms with Gasteiger partial charge < -0.3 is 15.2 Å². The summed E-state index contributed by atoms with van der Waals surface area (Å²) in [5.41, 5.74) is 1.58. The minimum Gasteiger partial charge on any atom is -0.508 e. The molecule has 0 aromatic heterocycles. The van der Waals surface area contributed by atoms with E-state index in [1.165, 1.54) is 0 Å². The van der Waals surface area contributed by atoms with Crippen molar-refractivity contribution >= 4 is 29.1 Å². The summed E-state index contributed by atoms with van der Waals surface area (Å²) < 4.78 is 5.55. The number of phenolic OH excluding ortho intramolecular Hbond substituents is 1. The van der Waals surface area contributed by atoms with Crippen LogP contribution in [0.2, 0.25) is 10.0 Å². The first kappa shape index (κ1) is 20.5. The third-order valence-corrected chi connectivity index (χ3v) is 7.33. The van der Waals surface area contributed by atoms with Crippen LogP contribution >= 0.6 is 23.2 Å². The van der Waals surface area contributed by atoms with Crippen LogP contribution in [0.15, 0.2) is 42.5 Å². The number of fused-ring (bicyclic) bond motifs is 1. The van der Waals surface area contributed by atoms with Crippen LogP contribution in [0.1, 0.15) is 42.7 Å². The molecule has 1 saturated heterocycles. The van der Waals surface area contributed by atoms with Crippen LogP contribution in [0.5, 0.6) is 5.75 Å². The Morgan fingerprint density at radius 2 is 1.93 bits per heavy atom. The van der Waals surface area contributed by atoms with E-state index in [2.05, 4.69) is 12.2 Å². The maximum Gasteiger partial charge on any atom is 0.229 e. The number of nitrogens with one attached hydrogen (secondary N) is 1. The van der Waals surface area contributed by atoms with Crippen molar-refractivity contribution in [3.05, 3.63) is 63.6 Å². The van der Waals surface area contributed by atoms with Gasteiger partial charge >= 0.3 is 0 Å². The zero-order valence-corrected chi connectivity index (χ0v) is 18.0. The average Bonchev–Trinajstić information content (AvgIpc) is 2.93. The number of carbonyl (C=O) groups excluding carboxylic acids is 1. The minimum atomic E-state index is -0.557. The number of rotatable bonds is 4. The van der Waals surface area contributed by atoms with Crippen molar-refractivity contribution in [2.75, 3.05) is 13.7 Å². The molecule has 2 N–H and O–H groups in total. The molecule has 29 heavy (non-hydrogen) atoms. The molecular formula is C23H25Cl2NO3. The number of methoxy groups -OCH3 is 1. The van der Waals surface area contributed by atoms with Gasteiger partial charge in [0.1, 0.15) is 5.75 Å². The maximum absolute atomic E-state index is 13.0. The molecule has 2 aromatic rings. The molecule has 1 saturated carbocycles. The molecule has 4 rings (SSSR count). The predicted octanol–water partition coefficient (Wildman–Crippen LogP) is 5.13. The Balaban J connectivity index is 1.86. The number of carbonyl (C=O) groups is 1. The summed E-state index contributed by atoms with van der Waals surface area (Å²) in [4.78, 5) is 13.0. The Morgan fingerprint density at radius 1 is 1.21 bits per heavy atom. The number of hydrogen-bond donors (Lipinski definition) is 2. The van der Waals surface area contributed by atoms with Gasteiger partial charge in [0.25, 0.3) is 0 Å². The first-order valence-electron chi connectivity index (χ1n) is 9.91. The SMILES string of the molecule is COC[C@@]12CC[C@@H](c3ccc(O)cc3Cl)[C@H](c3ccc(Cl)cc3)[C@@H]1[C@@H](C)NC2=O. The fraction of sp³-hybridized carbons (Fsp3) is 0.435. The van der Waals surface area contributed by atoms with E-state index in [1.807, 2.05) is 30.3 Å². The van der Waals surface area contributed by atoms with Crippen molar-refractivity contribution in [3.8, 4) is 5.75 Å². The molecule has 0 spiro atoms. The van der Waals surface area contributed by atoms with Gasteiger partial charge in [-0.05, 0) is 67.0 Å². The predicted molar refractivity (Wildman–Crippen MR) is 115 cm³/mol. The van der Waals surface area contributed by atoms with Gasteiger partial charge in [-0.15, -0.1) is 0 Å². The molecular weight excluding hydrogens is 409 g/mol. The Morgan fingerprint density at radius 3 is 2.59 bits per heavy atom. The highest BCUT2D eigenvalue weighted by molar-refractivity contribution is 6.31. The monoisotopic (exact) mass is 433 g/mol. The average molecular weight is 434 g/mol. The molecule has 1 aliphatic carbocycles. The molecule has 2 fully saturated rings. The second kappa shape index (κ2) is 7.82. The smallest absolute Gasteiger partial charge is 0.229 e. The standard InChI is InChI=1S/C23H25Cl2NO3/c1-13-21-20(14-3-5-15(24)6-4-14)18(17-8-7-16(27)11-19(17)25)9-10-23(21,12-29-2)22(28)26-13/h3-8,11,13,18,20-21,27H,9-10,12H2,1-2H3,(H,26,28)/t13-,18+,20+,21+,23+/m1/s1. The summed E-state index contributed by atoms with van der Waals surface area (Å²) in [5.74, 6) is 0.463. The van der Waals surface area contributed by atoms with E-state index in [9.17, 15) is 9.90 Å². The van der Waals surface area contributed by atoms with Crippen molar-refractivity contribution in [1.82, 2.24) is 5.32 Å². The second-order valence-electron chi connectivity index (χ2n) is 8.31. The highest BCUT2D eigenvalue weighted by Crippen LogP contribution is 2.59. The summed E-state index contributed by atoms with van der Waals surface area (Å²) in [7, 11) is 1.66. The summed E-state index contributed by atoms with van der Waals surface area (Å²) >= 11 is 12.7. The molecule has 6 heteroatoms. The maximum atomic E-state index is 13.0. The molecule has 5 atom stereocenters. The molecule has 1 aliphatic heterocycles. The number of benzene rings is 2. The molecule has 2 aromatic carbocycles. The number of ether oxygens (including phenoxy) is 1. The van der Waals surface area contributed by atoms with Crippen LogP contribution in [-0.2, 0) is 9.53 Å². The summed E-state index contributed by atoms with van der Waals surface area (Å²) in [5, 5.41) is 14.2. The summed E-state index contributed by atoms with van der Waals surface area (Å²) in [6.07, 6.45) is 1.53. The first-order chi connectivity index (χ1) is 13.9. The van der Waals surface area contributed by atoms with Crippen molar-refractivity contribution < 1.29 is 14.6 Å². The molecule has 1 amide bonds. The van der Waals surface area contributed by atoms with Crippen molar-refractivity contribution in [2.24, 2.45) is 11.3 Å². The molecule has 0 radical (unpaired) electrons. The van der Waals surface area contributed by atoms with Gasteiger partial charge in [0.05, 0.1) is 12.0 Å².